The molecule has 1 unspecified atom stereocenters. The third-order valence-corrected chi connectivity index (χ3v) is 3.03. The molecule has 3 nitrogen and oxygen atoms in total. The highest BCUT2D eigenvalue weighted by molar-refractivity contribution is 6.30. The Kier molecular flexibility index (Phi) is 4.04. The highest BCUT2D eigenvalue weighted by Gasteiger charge is 2.25. The van der Waals surface area contributed by atoms with Gasteiger partial charge in [0, 0.05) is 5.02 Å². The molecule has 1 aromatic carbocycles. The van der Waals surface area contributed by atoms with E-state index in [2.05, 4.69) is 5.43 Å². The molecule has 0 heterocycles. The van der Waals surface area contributed by atoms with Crippen LogP contribution in [0, 0.1) is 5.92 Å². The van der Waals surface area contributed by atoms with Gasteiger partial charge >= 0.3 is 0 Å². The minimum Gasteiger partial charge on any atom is -0.492 e. The molecule has 1 aliphatic rings. The number of hydrogen-bond acceptors (Lipinski definition) is 3. The molecule has 0 bridgehead atoms. The third-order valence-electron chi connectivity index (χ3n) is 2.80. The van der Waals surface area contributed by atoms with Crippen LogP contribution in [-0.2, 0) is 0 Å². The number of nitrogens with one attached hydrogen (secondary N) is 1. The summed E-state index contributed by atoms with van der Waals surface area (Å²) in [6.07, 6.45) is 3.75. The predicted molar refractivity (Wildman–Crippen MR) is 65.4 cm³/mol. The van der Waals surface area contributed by atoms with Crippen molar-refractivity contribution < 1.29 is 4.74 Å². The zero-order valence-corrected chi connectivity index (χ0v) is 9.91. The summed E-state index contributed by atoms with van der Waals surface area (Å²) in [4.78, 5) is 0. The fraction of sp³-hybridized carbons (Fsp3) is 0.500. The Morgan fingerprint density at radius 3 is 2.94 bits per heavy atom. The molecule has 1 aromatic rings. The standard InChI is InChI=1S/C12H17ClN2O/c13-10-2-1-3-12(7-10)16-8-11(15-14)6-9-4-5-9/h1-3,7,9,11,15H,4-6,8,14H2. The number of nitrogens with two attached hydrogens (primary N) is 1. The number of ether oxygens (including phenoxy) is 1. The monoisotopic (exact) mass is 240 g/mol. The molecule has 1 aliphatic carbocycles. The highest BCUT2D eigenvalue weighted by atomic mass is 35.5. The van der Waals surface area contributed by atoms with E-state index in [4.69, 9.17) is 22.2 Å². The number of halogens is 1. The van der Waals surface area contributed by atoms with Gasteiger partial charge in [0.2, 0.25) is 0 Å². The van der Waals surface area contributed by atoms with Crippen molar-refractivity contribution in [2.75, 3.05) is 6.61 Å². The first-order valence-corrected chi connectivity index (χ1v) is 6.00. The lowest BCUT2D eigenvalue weighted by atomic mass is 10.1. The van der Waals surface area contributed by atoms with Crippen molar-refractivity contribution in [3.8, 4) is 5.75 Å². The van der Waals surface area contributed by atoms with Crippen LogP contribution in [0.5, 0.6) is 5.75 Å². The molecule has 1 fully saturated rings. The summed E-state index contributed by atoms with van der Waals surface area (Å²) in [5.41, 5.74) is 2.80. The number of rotatable bonds is 6. The third kappa shape index (κ3) is 3.67. The van der Waals surface area contributed by atoms with Gasteiger partial charge in [-0.2, -0.15) is 0 Å². The number of hydrazine groups is 1. The van der Waals surface area contributed by atoms with Gasteiger partial charge in [0.25, 0.3) is 0 Å². The Hall–Kier alpha value is -0.770. The van der Waals surface area contributed by atoms with E-state index in [1.807, 2.05) is 24.3 Å². The molecule has 2 rings (SSSR count). The molecule has 1 atom stereocenters. The topological polar surface area (TPSA) is 47.3 Å². The minimum absolute atomic E-state index is 0.228. The zero-order chi connectivity index (χ0) is 11.4. The number of hydrogen-bond donors (Lipinski definition) is 2. The van der Waals surface area contributed by atoms with Crippen molar-refractivity contribution in [3.63, 3.8) is 0 Å². The molecule has 4 heteroatoms. The second kappa shape index (κ2) is 5.53. The van der Waals surface area contributed by atoms with Crippen LogP contribution in [0.25, 0.3) is 0 Å². The maximum atomic E-state index is 5.87. The van der Waals surface area contributed by atoms with Crippen LogP contribution in [0.4, 0.5) is 0 Å². The lowest BCUT2D eigenvalue weighted by Gasteiger charge is -2.16. The van der Waals surface area contributed by atoms with E-state index in [-0.39, 0.29) is 6.04 Å². The van der Waals surface area contributed by atoms with E-state index < -0.39 is 0 Å². The Morgan fingerprint density at radius 2 is 2.31 bits per heavy atom. The van der Waals surface area contributed by atoms with Crippen LogP contribution in [0.3, 0.4) is 0 Å². The van der Waals surface area contributed by atoms with E-state index in [1.54, 1.807) is 0 Å². The van der Waals surface area contributed by atoms with Gasteiger partial charge in [-0.25, -0.2) is 0 Å². The van der Waals surface area contributed by atoms with Gasteiger partial charge in [0.05, 0.1) is 6.04 Å². The van der Waals surface area contributed by atoms with Crippen LogP contribution < -0.4 is 16.0 Å². The largest absolute Gasteiger partial charge is 0.492 e. The van der Waals surface area contributed by atoms with Crippen LogP contribution in [0.15, 0.2) is 24.3 Å². The fourth-order valence-corrected chi connectivity index (χ4v) is 1.87. The molecule has 0 aliphatic heterocycles. The summed E-state index contributed by atoms with van der Waals surface area (Å²) in [6.45, 7) is 0.591. The average molecular weight is 241 g/mol. The zero-order valence-electron chi connectivity index (χ0n) is 9.16. The molecule has 88 valence electrons. The molecular weight excluding hydrogens is 224 g/mol. The molecule has 0 saturated heterocycles. The van der Waals surface area contributed by atoms with E-state index >= 15 is 0 Å². The van der Waals surface area contributed by atoms with Gasteiger partial charge in [0.15, 0.2) is 0 Å². The van der Waals surface area contributed by atoms with Gasteiger partial charge < -0.3 is 4.74 Å². The van der Waals surface area contributed by atoms with Gasteiger partial charge in [0.1, 0.15) is 12.4 Å². The number of benzene rings is 1. The van der Waals surface area contributed by atoms with Crippen LogP contribution in [0.1, 0.15) is 19.3 Å². The summed E-state index contributed by atoms with van der Waals surface area (Å²) in [7, 11) is 0. The molecule has 0 aromatic heterocycles. The summed E-state index contributed by atoms with van der Waals surface area (Å²) >= 11 is 5.87. The van der Waals surface area contributed by atoms with Gasteiger partial charge in [-0.15, -0.1) is 0 Å². The van der Waals surface area contributed by atoms with Crippen LogP contribution in [-0.4, -0.2) is 12.6 Å². The average Bonchev–Trinajstić information content (AvgIpc) is 3.08. The Labute approximate surface area is 101 Å². The van der Waals surface area contributed by atoms with Gasteiger partial charge in [-0.05, 0) is 30.5 Å². The highest BCUT2D eigenvalue weighted by Crippen LogP contribution is 2.33. The quantitative estimate of drug-likeness (QED) is 0.593. The Balaban J connectivity index is 1.80. The fourth-order valence-electron chi connectivity index (χ4n) is 1.69. The molecular formula is C12H17ClN2O. The van der Waals surface area contributed by atoms with E-state index in [0.29, 0.717) is 11.6 Å². The molecule has 0 amide bonds. The van der Waals surface area contributed by atoms with E-state index in [9.17, 15) is 0 Å². The van der Waals surface area contributed by atoms with Crippen molar-refractivity contribution in [1.82, 2.24) is 5.43 Å². The maximum Gasteiger partial charge on any atom is 0.120 e. The first-order chi connectivity index (χ1) is 7.78. The van der Waals surface area contributed by atoms with Crippen LogP contribution in [0.2, 0.25) is 5.02 Å². The summed E-state index contributed by atoms with van der Waals surface area (Å²) in [6, 6.07) is 7.65. The van der Waals surface area contributed by atoms with E-state index in [0.717, 1.165) is 18.1 Å². The Bertz CT molecular complexity index is 342. The van der Waals surface area contributed by atoms with E-state index in [1.165, 1.54) is 12.8 Å². The van der Waals surface area contributed by atoms with Crippen molar-refractivity contribution in [2.24, 2.45) is 11.8 Å². The normalized spacial score (nSPS) is 17.1. The first kappa shape index (κ1) is 11.7. The van der Waals surface area contributed by atoms with Crippen molar-refractivity contribution in [2.45, 2.75) is 25.3 Å². The smallest absolute Gasteiger partial charge is 0.120 e. The summed E-state index contributed by atoms with van der Waals surface area (Å²) in [5, 5.41) is 0.692. The minimum atomic E-state index is 0.228. The molecule has 0 radical (unpaired) electrons. The van der Waals surface area contributed by atoms with Crippen molar-refractivity contribution in [3.05, 3.63) is 29.3 Å². The Morgan fingerprint density at radius 1 is 1.50 bits per heavy atom. The van der Waals surface area contributed by atoms with Crippen molar-refractivity contribution in [1.29, 1.82) is 0 Å². The SMILES string of the molecule is NNC(COc1cccc(Cl)c1)CC1CC1. The van der Waals surface area contributed by atoms with Crippen LogP contribution >= 0.6 is 11.6 Å². The first-order valence-electron chi connectivity index (χ1n) is 5.62. The van der Waals surface area contributed by atoms with Gasteiger partial charge in [-0.1, -0.05) is 30.5 Å². The lowest BCUT2D eigenvalue weighted by Crippen LogP contribution is -2.39. The summed E-state index contributed by atoms with van der Waals surface area (Å²) in [5.74, 6) is 7.12. The molecule has 3 N–H and O–H groups in total. The predicted octanol–water partition coefficient (Wildman–Crippen LogP) is 2.35. The molecule has 16 heavy (non-hydrogen) atoms. The lowest BCUT2D eigenvalue weighted by molar-refractivity contribution is 0.253. The summed E-state index contributed by atoms with van der Waals surface area (Å²) < 4.78 is 5.64. The molecule has 0 spiro atoms. The maximum absolute atomic E-state index is 5.87. The molecule has 1 saturated carbocycles. The second-order valence-corrected chi connectivity index (χ2v) is 4.75. The van der Waals surface area contributed by atoms with Crippen molar-refractivity contribution >= 4 is 11.6 Å². The van der Waals surface area contributed by atoms with Gasteiger partial charge in [-0.3, -0.25) is 11.3 Å². The second-order valence-electron chi connectivity index (χ2n) is 4.31.